The second-order valence-electron chi connectivity index (χ2n) is 9.56. The van der Waals surface area contributed by atoms with Crippen LogP contribution in [-0.2, 0) is 20.9 Å². The number of benzene rings is 3. The number of nitrogens with one attached hydrogen (secondary N) is 1. The number of ether oxygens (including phenoxy) is 2. The van der Waals surface area contributed by atoms with Gasteiger partial charge in [0, 0.05) is 35.2 Å². The van der Waals surface area contributed by atoms with Crippen molar-refractivity contribution >= 4 is 11.8 Å². The standard InChI is InChI=1S/C31H28FNO5/c1-18-28(31(36)38-17-19-10-12-22(32)13-11-19)29(20-6-5-7-23(34)14-20)30-25(33-18)15-21(16-26(30)35)24-8-3-4-9-27(24)37-2/h3-14,21,29,33-34H,15-17H2,1-2H3/t21-,29-/m1/s1. The molecule has 0 amide bonds. The number of ketones is 1. The number of esters is 1. The van der Waals surface area contributed by atoms with E-state index in [4.69, 9.17) is 9.47 Å². The van der Waals surface area contributed by atoms with E-state index in [0.717, 1.165) is 17.0 Å². The quantitative estimate of drug-likeness (QED) is 0.415. The molecule has 1 aliphatic heterocycles. The van der Waals surface area contributed by atoms with Gasteiger partial charge in [-0.05, 0) is 60.4 Å². The fourth-order valence-corrected chi connectivity index (χ4v) is 5.38. The lowest BCUT2D eigenvalue weighted by Gasteiger charge is -2.37. The number of aromatic hydroxyl groups is 1. The van der Waals surface area contributed by atoms with Gasteiger partial charge in [-0.25, -0.2) is 9.18 Å². The number of methoxy groups -OCH3 is 1. The van der Waals surface area contributed by atoms with E-state index >= 15 is 0 Å². The number of rotatable bonds is 6. The number of halogens is 1. The van der Waals surface area contributed by atoms with E-state index in [2.05, 4.69) is 5.32 Å². The molecule has 0 aromatic heterocycles. The molecule has 1 heterocycles. The Bertz CT molecular complexity index is 1460. The molecule has 5 rings (SSSR count). The van der Waals surface area contributed by atoms with E-state index in [0.29, 0.717) is 34.4 Å². The van der Waals surface area contributed by atoms with Crippen LogP contribution in [0.3, 0.4) is 0 Å². The molecule has 194 valence electrons. The SMILES string of the molecule is COc1ccccc1[C@H]1CC(=O)C2=C(C1)NC(C)=C(C(=O)OCc1ccc(F)cc1)[C@H]2c1cccc(O)c1. The van der Waals surface area contributed by atoms with Gasteiger partial charge in [0.15, 0.2) is 5.78 Å². The summed E-state index contributed by atoms with van der Waals surface area (Å²) in [6.45, 7) is 1.74. The summed E-state index contributed by atoms with van der Waals surface area (Å²) in [5.74, 6) is -1.07. The molecule has 0 saturated heterocycles. The first-order valence-electron chi connectivity index (χ1n) is 12.4. The lowest BCUT2D eigenvalue weighted by molar-refractivity contribution is -0.140. The van der Waals surface area contributed by atoms with Gasteiger partial charge in [0.05, 0.1) is 12.7 Å². The van der Waals surface area contributed by atoms with Gasteiger partial charge in [-0.1, -0.05) is 42.5 Å². The highest BCUT2D eigenvalue weighted by Gasteiger charge is 2.42. The molecule has 0 fully saturated rings. The van der Waals surface area contributed by atoms with Crippen molar-refractivity contribution in [1.82, 2.24) is 5.32 Å². The zero-order valence-corrected chi connectivity index (χ0v) is 21.2. The Hall–Kier alpha value is -4.39. The number of phenolic OH excluding ortho intramolecular Hbond substituents is 1. The molecular formula is C31H28FNO5. The summed E-state index contributed by atoms with van der Waals surface area (Å²) >= 11 is 0. The Morgan fingerprint density at radius 3 is 2.55 bits per heavy atom. The van der Waals surface area contributed by atoms with E-state index in [-0.39, 0.29) is 36.3 Å². The summed E-state index contributed by atoms with van der Waals surface area (Å²) in [7, 11) is 1.61. The van der Waals surface area contributed by atoms with Crippen molar-refractivity contribution in [3.63, 3.8) is 0 Å². The zero-order valence-electron chi connectivity index (χ0n) is 21.2. The number of dihydropyridines is 1. The summed E-state index contributed by atoms with van der Waals surface area (Å²) in [5.41, 5.74) is 4.35. The van der Waals surface area contributed by atoms with Gasteiger partial charge in [0.1, 0.15) is 23.9 Å². The number of para-hydroxylation sites is 1. The van der Waals surface area contributed by atoms with Gasteiger partial charge in [-0.2, -0.15) is 0 Å². The van der Waals surface area contributed by atoms with E-state index in [9.17, 15) is 19.1 Å². The van der Waals surface area contributed by atoms with Crippen LogP contribution in [0, 0.1) is 5.82 Å². The Morgan fingerprint density at radius 1 is 1.05 bits per heavy atom. The van der Waals surface area contributed by atoms with Gasteiger partial charge < -0.3 is 19.9 Å². The molecule has 3 aromatic carbocycles. The largest absolute Gasteiger partial charge is 0.508 e. The van der Waals surface area contributed by atoms with Crippen molar-refractivity contribution in [2.45, 2.75) is 38.2 Å². The zero-order chi connectivity index (χ0) is 26.8. The summed E-state index contributed by atoms with van der Waals surface area (Å²) in [5, 5.41) is 13.5. The number of carbonyl (C=O) groups is 2. The lowest BCUT2D eigenvalue weighted by Crippen LogP contribution is -2.36. The van der Waals surface area contributed by atoms with Crippen molar-refractivity contribution in [3.05, 3.63) is 118 Å². The minimum absolute atomic E-state index is 0.0371. The van der Waals surface area contributed by atoms with Gasteiger partial charge in [0.2, 0.25) is 0 Å². The first-order valence-corrected chi connectivity index (χ1v) is 12.4. The van der Waals surface area contributed by atoms with Crippen LogP contribution in [0.4, 0.5) is 4.39 Å². The first kappa shape index (κ1) is 25.3. The molecule has 0 radical (unpaired) electrons. The highest BCUT2D eigenvalue weighted by Crippen LogP contribution is 2.47. The van der Waals surface area contributed by atoms with Gasteiger partial charge in [-0.15, -0.1) is 0 Å². The molecule has 0 saturated carbocycles. The second-order valence-corrected chi connectivity index (χ2v) is 9.56. The number of phenols is 1. The fraction of sp³-hybridized carbons (Fsp3) is 0.226. The third-order valence-corrected chi connectivity index (χ3v) is 7.11. The molecule has 0 spiro atoms. The van der Waals surface area contributed by atoms with E-state index in [1.807, 2.05) is 24.3 Å². The maximum absolute atomic E-state index is 13.8. The third-order valence-electron chi connectivity index (χ3n) is 7.11. The molecule has 38 heavy (non-hydrogen) atoms. The topological polar surface area (TPSA) is 84.9 Å². The summed E-state index contributed by atoms with van der Waals surface area (Å²) in [4.78, 5) is 27.2. The van der Waals surface area contributed by atoms with Crippen LogP contribution in [0.25, 0.3) is 0 Å². The van der Waals surface area contributed by atoms with Crippen molar-refractivity contribution in [2.24, 2.45) is 0 Å². The first-order chi connectivity index (χ1) is 18.4. The Kier molecular flexibility index (Phi) is 7.01. The molecule has 3 aromatic rings. The number of Topliss-reactive ketones (excluding diaryl/α,β-unsaturated/α-hetero) is 1. The minimum Gasteiger partial charge on any atom is -0.508 e. The number of allylic oxidation sites excluding steroid dienone is 3. The number of hydrogen-bond donors (Lipinski definition) is 2. The Labute approximate surface area is 220 Å². The van der Waals surface area contributed by atoms with Gasteiger partial charge >= 0.3 is 5.97 Å². The van der Waals surface area contributed by atoms with Crippen molar-refractivity contribution in [1.29, 1.82) is 0 Å². The minimum atomic E-state index is -0.704. The van der Waals surface area contributed by atoms with Gasteiger partial charge in [0.25, 0.3) is 0 Å². The van der Waals surface area contributed by atoms with E-state index in [1.54, 1.807) is 50.4 Å². The van der Waals surface area contributed by atoms with Crippen LogP contribution >= 0.6 is 0 Å². The highest BCUT2D eigenvalue weighted by atomic mass is 19.1. The van der Waals surface area contributed by atoms with Crippen LogP contribution < -0.4 is 10.1 Å². The number of carbonyl (C=O) groups excluding carboxylic acids is 2. The van der Waals surface area contributed by atoms with Crippen LogP contribution in [0.5, 0.6) is 11.5 Å². The monoisotopic (exact) mass is 513 g/mol. The fourth-order valence-electron chi connectivity index (χ4n) is 5.38. The highest BCUT2D eigenvalue weighted by molar-refractivity contribution is 6.04. The Balaban J connectivity index is 1.51. The van der Waals surface area contributed by atoms with Crippen LogP contribution in [0.1, 0.15) is 48.3 Å². The predicted molar refractivity (Wildman–Crippen MR) is 140 cm³/mol. The maximum atomic E-state index is 13.8. The second kappa shape index (κ2) is 10.5. The molecule has 2 atom stereocenters. The maximum Gasteiger partial charge on any atom is 0.337 e. The summed E-state index contributed by atoms with van der Waals surface area (Å²) in [6.07, 6.45) is 0.819. The van der Waals surface area contributed by atoms with Gasteiger partial charge in [-0.3, -0.25) is 4.79 Å². The molecular weight excluding hydrogens is 485 g/mol. The van der Waals surface area contributed by atoms with Crippen molar-refractivity contribution in [3.8, 4) is 11.5 Å². The number of hydrogen-bond acceptors (Lipinski definition) is 6. The molecule has 7 heteroatoms. The van der Waals surface area contributed by atoms with Crippen LogP contribution in [0.2, 0.25) is 0 Å². The lowest BCUT2D eigenvalue weighted by atomic mass is 9.71. The summed E-state index contributed by atoms with van der Waals surface area (Å²) < 4.78 is 24.5. The molecule has 0 bridgehead atoms. The molecule has 6 nitrogen and oxygen atoms in total. The predicted octanol–water partition coefficient (Wildman–Crippen LogP) is 5.64. The molecule has 0 unspecified atom stereocenters. The van der Waals surface area contributed by atoms with Crippen LogP contribution in [-0.4, -0.2) is 24.0 Å². The normalized spacial score (nSPS) is 19.1. The molecule has 2 N–H and O–H groups in total. The smallest absolute Gasteiger partial charge is 0.337 e. The van der Waals surface area contributed by atoms with Crippen molar-refractivity contribution in [2.75, 3.05) is 7.11 Å². The van der Waals surface area contributed by atoms with Crippen molar-refractivity contribution < 1.29 is 28.6 Å². The molecule has 2 aliphatic rings. The van der Waals surface area contributed by atoms with E-state index < -0.39 is 11.9 Å². The van der Waals surface area contributed by atoms with Crippen LogP contribution in [0.15, 0.2) is 95.3 Å². The average Bonchev–Trinajstić information content (AvgIpc) is 2.91. The summed E-state index contributed by atoms with van der Waals surface area (Å²) in [6, 6.07) is 20.0. The third kappa shape index (κ3) is 4.92. The Morgan fingerprint density at radius 2 is 1.82 bits per heavy atom. The molecule has 1 aliphatic carbocycles. The van der Waals surface area contributed by atoms with E-state index in [1.165, 1.54) is 12.1 Å². The average molecular weight is 514 g/mol.